The van der Waals surface area contributed by atoms with Crippen molar-refractivity contribution in [2.45, 2.75) is 20.8 Å². The van der Waals surface area contributed by atoms with Crippen molar-refractivity contribution in [1.82, 2.24) is 4.90 Å². The second kappa shape index (κ2) is 6.49. The number of likely N-dealkylation sites (N-methyl/N-ethyl adjacent to an activating group) is 1. The van der Waals surface area contributed by atoms with E-state index >= 15 is 0 Å². The normalized spacial score (nSPS) is 14.8. The largest absolute Gasteiger partial charge is 0.376 e. The van der Waals surface area contributed by atoms with Crippen LogP contribution in [0.15, 0.2) is 48.2 Å². The van der Waals surface area contributed by atoms with Crippen molar-refractivity contribution in [2.75, 3.05) is 6.54 Å². The van der Waals surface area contributed by atoms with Crippen LogP contribution in [-0.2, 0) is 32.7 Å². The smallest absolute Gasteiger partial charge is 0.0169 e. The van der Waals surface area contributed by atoms with Crippen LogP contribution in [0.5, 0.6) is 0 Å². The molecule has 1 heterocycles. The molecule has 0 bridgehead atoms. The van der Waals surface area contributed by atoms with Crippen molar-refractivity contribution < 1.29 is 32.7 Å². The molecule has 2 rings (SSSR count). The zero-order valence-electron chi connectivity index (χ0n) is 11.3. The summed E-state index contributed by atoms with van der Waals surface area (Å²) >= 11 is 0. The van der Waals surface area contributed by atoms with Gasteiger partial charge in [-0.1, -0.05) is 42.5 Å². The molecule has 0 saturated heterocycles. The van der Waals surface area contributed by atoms with Crippen molar-refractivity contribution in [3.8, 4) is 0 Å². The summed E-state index contributed by atoms with van der Waals surface area (Å²) in [6.07, 6.45) is 5.37. The Morgan fingerprint density at radius 2 is 1.78 bits per heavy atom. The molecule has 0 atom stereocenters. The first-order valence-electron chi connectivity index (χ1n) is 5.97. The monoisotopic (exact) mass is 313 g/mol. The van der Waals surface area contributed by atoms with Crippen LogP contribution in [0.4, 0.5) is 0 Å². The number of hydrogen-bond donors (Lipinski definition) is 0. The first-order chi connectivity index (χ1) is 8.13. The van der Waals surface area contributed by atoms with Crippen LogP contribution in [0.1, 0.15) is 25.0 Å². The maximum Gasteiger partial charge on any atom is 0.0169 e. The van der Waals surface area contributed by atoms with Gasteiger partial charge < -0.3 is 4.90 Å². The first-order valence-corrected chi connectivity index (χ1v) is 5.97. The van der Waals surface area contributed by atoms with Gasteiger partial charge in [-0.05, 0) is 19.5 Å². The van der Waals surface area contributed by atoms with E-state index in [1.165, 1.54) is 16.7 Å². The molecule has 0 amide bonds. The minimum absolute atomic E-state index is 0. The van der Waals surface area contributed by atoms with E-state index in [4.69, 9.17) is 0 Å². The third-order valence-electron chi connectivity index (χ3n) is 3.12. The fraction of sp³-hybridized carbons (Fsp3) is 0.250. The summed E-state index contributed by atoms with van der Waals surface area (Å²) in [6.45, 7) is 11.4. The number of nitrogens with zero attached hydrogens (tertiary/aromatic N) is 1. The van der Waals surface area contributed by atoms with Crippen molar-refractivity contribution >= 4 is 5.70 Å². The molecule has 0 unspecified atom stereocenters. The fourth-order valence-corrected chi connectivity index (χ4v) is 1.99. The molecule has 1 nitrogen and oxygen atoms in total. The van der Waals surface area contributed by atoms with Crippen molar-refractivity contribution in [1.29, 1.82) is 0 Å². The van der Waals surface area contributed by atoms with Gasteiger partial charge in [0.2, 0.25) is 0 Å². The molecule has 2 heteroatoms. The number of aryl methyl sites for hydroxylation is 1. The van der Waals surface area contributed by atoms with Gasteiger partial charge in [0, 0.05) is 39.3 Å². The van der Waals surface area contributed by atoms with Crippen LogP contribution in [0.25, 0.3) is 5.70 Å². The van der Waals surface area contributed by atoms with Gasteiger partial charge in [0.05, 0.1) is 0 Å². The average molecular weight is 313 g/mol. The Bertz CT molecular complexity index is 494. The average Bonchev–Trinajstić information content (AvgIpc) is 2.34. The summed E-state index contributed by atoms with van der Waals surface area (Å²) in [5, 5.41) is 0. The van der Waals surface area contributed by atoms with Gasteiger partial charge in [-0.25, -0.2) is 0 Å². The number of rotatable bonds is 2. The second-order valence-corrected chi connectivity index (χ2v) is 4.38. The standard InChI is InChI=1S/C16H18N.Y/c1-5-17-14(4)13(3)8-11-16(17)15-9-6-12(2)7-10-15;/h6-10H,4-5H2,1-3H3;/q-1;. The van der Waals surface area contributed by atoms with Crippen molar-refractivity contribution in [3.63, 3.8) is 0 Å². The third kappa shape index (κ3) is 3.02. The zero-order valence-corrected chi connectivity index (χ0v) is 14.2. The molecule has 0 N–H and O–H groups in total. The van der Waals surface area contributed by atoms with Crippen LogP contribution >= 0.6 is 0 Å². The van der Waals surface area contributed by atoms with Crippen molar-refractivity contribution in [3.05, 3.63) is 65.4 Å². The molecule has 1 aliphatic rings. The van der Waals surface area contributed by atoms with E-state index in [2.05, 4.69) is 62.6 Å². The maximum atomic E-state index is 4.14. The van der Waals surface area contributed by atoms with E-state index in [1.807, 2.05) is 6.08 Å². The predicted octanol–water partition coefficient (Wildman–Crippen LogP) is 3.93. The minimum atomic E-state index is 0. The molecule has 0 aromatic heterocycles. The summed E-state index contributed by atoms with van der Waals surface area (Å²) in [6, 6.07) is 8.54. The Hall–Kier alpha value is -0.656. The molecule has 1 aliphatic heterocycles. The summed E-state index contributed by atoms with van der Waals surface area (Å²) in [7, 11) is 0. The quantitative estimate of drug-likeness (QED) is 0.748. The summed E-state index contributed by atoms with van der Waals surface area (Å²) < 4.78 is 0. The Morgan fingerprint density at radius 1 is 1.17 bits per heavy atom. The molecule has 0 saturated carbocycles. The van der Waals surface area contributed by atoms with E-state index in [0.29, 0.717) is 0 Å². The summed E-state index contributed by atoms with van der Waals surface area (Å²) in [4.78, 5) is 2.21. The maximum absolute atomic E-state index is 4.14. The molecule has 18 heavy (non-hydrogen) atoms. The van der Waals surface area contributed by atoms with Crippen LogP contribution in [-0.4, -0.2) is 11.4 Å². The number of hydrogen-bond acceptors (Lipinski definition) is 1. The van der Waals surface area contributed by atoms with Crippen LogP contribution < -0.4 is 0 Å². The summed E-state index contributed by atoms with van der Waals surface area (Å²) in [5.74, 6) is 0. The Balaban J connectivity index is 0.00000162. The minimum Gasteiger partial charge on any atom is -0.376 e. The van der Waals surface area contributed by atoms with Crippen LogP contribution in [0.3, 0.4) is 0 Å². The second-order valence-electron chi connectivity index (χ2n) is 4.38. The fourth-order valence-electron chi connectivity index (χ4n) is 1.99. The molecule has 0 fully saturated rings. The van der Waals surface area contributed by atoms with E-state index in [1.54, 1.807) is 0 Å². The first kappa shape index (κ1) is 15.4. The van der Waals surface area contributed by atoms with Gasteiger partial charge in [0.1, 0.15) is 0 Å². The zero-order chi connectivity index (χ0) is 12.4. The molecular weight excluding hydrogens is 295 g/mol. The van der Waals surface area contributed by atoms with Crippen LogP contribution in [0.2, 0.25) is 0 Å². The molecule has 1 radical (unpaired) electrons. The van der Waals surface area contributed by atoms with Gasteiger partial charge in [0.15, 0.2) is 0 Å². The Labute approximate surface area is 135 Å². The molecule has 1 aromatic carbocycles. The molecule has 1 aromatic rings. The van der Waals surface area contributed by atoms with Gasteiger partial charge in [0.25, 0.3) is 0 Å². The van der Waals surface area contributed by atoms with E-state index in [-0.39, 0.29) is 32.7 Å². The Kier molecular flexibility index (Phi) is 5.56. The SMILES string of the molecule is C=C1C(C)=C[C-]=C(c2ccc(C)cc2)N1CC.[Y]. The molecular formula is C16H18NY-. The molecule has 0 spiro atoms. The van der Waals surface area contributed by atoms with Crippen molar-refractivity contribution in [2.24, 2.45) is 0 Å². The van der Waals surface area contributed by atoms with E-state index in [0.717, 1.165) is 17.9 Å². The topological polar surface area (TPSA) is 3.24 Å². The number of benzene rings is 1. The van der Waals surface area contributed by atoms with Gasteiger partial charge in [-0.2, -0.15) is 12.2 Å². The van der Waals surface area contributed by atoms with Gasteiger partial charge in [-0.3, -0.25) is 0 Å². The Morgan fingerprint density at radius 3 is 2.33 bits per heavy atom. The number of allylic oxidation sites excluding steroid dienone is 3. The third-order valence-corrected chi connectivity index (χ3v) is 3.12. The summed E-state index contributed by atoms with van der Waals surface area (Å²) in [5.41, 5.74) is 5.84. The molecule has 91 valence electrons. The predicted molar refractivity (Wildman–Crippen MR) is 73.1 cm³/mol. The van der Waals surface area contributed by atoms with Gasteiger partial charge in [-0.15, -0.1) is 17.7 Å². The van der Waals surface area contributed by atoms with Crippen LogP contribution in [0, 0.1) is 13.0 Å². The van der Waals surface area contributed by atoms with E-state index < -0.39 is 0 Å². The van der Waals surface area contributed by atoms with Gasteiger partial charge >= 0.3 is 0 Å². The molecule has 0 aliphatic carbocycles. The van der Waals surface area contributed by atoms with E-state index in [9.17, 15) is 0 Å².